The zero-order chi connectivity index (χ0) is 15.3. The van der Waals surface area contributed by atoms with Crippen molar-refractivity contribution in [3.8, 4) is 5.75 Å². The molecule has 0 saturated heterocycles. The van der Waals surface area contributed by atoms with Crippen molar-refractivity contribution in [2.24, 2.45) is 0 Å². The maximum absolute atomic E-state index is 11.1. The fourth-order valence-corrected chi connectivity index (χ4v) is 2.44. The Morgan fingerprint density at radius 1 is 1.35 bits per heavy atom. The zero-order valence-corrected chi connectivity index (χ0v) is 12.7. The Morgan fingerprint density at radius 2 is 2.00 bits per heavy atom. The lowest BCUT2D eigenvalue weighted by molar-refractivity contribution is 0.346. The predicted molar refractivity (Wildman–Crippen MR) is 78.9 cm³/mol. The third kappa shape index (κ3) is 5.50. The van der Waals surface area contributed by atoms with Crippen LogP contribution in [-0.4, -0.2) is 63.2 Å². The average molecular weight is 301 g/mol. The Morgan fingerprint density at radius 3 is 2.50 bits per heavy atom. The van der Waals surface area contributed by atoms with Gasteiger partial charge in [0.05, 0.1) is 12.9 Å². The van der Waals surface area contributed by atoms with E-state index in [-0.39, 0.29) is 5.75 Å². The monoisotopic (exact) mass is 301 g/mol. The summed E-state index contributed by atoms with van der Waals surface area (Å²) < 4.78 is 27.3. The maximum Gasteiger partial charge on any atom is 0.492 e. The molecule has 6 nitrogen and oxygen atoms in total. The first-order valence-corrected chi connectivity index (χ1v) is 8.18. The second-order valence-electron chi connectivity index (χ2n) is 4.82. The van der Waals surface area contributed by atoms with Crippen molar-refractivity contribution in [1.82, 2.24) is 4.90 Å². The number of nitrogens with zero attached hydrogens (tertiary/aromatic N) is 1. The number of sulfone groups is 1. The lowest BCUT2D eigenvalue weighted by Gasteiger charge is -2.17. The number of rotatable bonds is 7. The maximum atomic E-state index is 11.1. The zero-order valence-electron chi connectivity index (χ0n) is 11.9. The smallest absolute Gasteiger partial charge is 0.492 e. The minimum Gasteiger partial charge on any atom is -0.497 e. The third-order valence-corrected chi connectivity index (χ3v) is 3.79. The van der Waals surface area contributed by atoms with E-state index in [0.29, 0.717) is 24.3 Å². The van der Waals surface area contributed by atoms with Crippen LogP contribution in [0.1, 0.15) is 5.56 Å². The second kappa shape index (κ2) is 7.08. The Kier molecular flexibility index (Phi) is 6.00. The van der Waals surface area contributed by atoms with Crippen molar-refractivity contribution in [3.63, 3.8) is 0 Å². The van der Waals surface area contributed by atoms with E-state index in [2.05, 4.69) is 0 Å². The molecule has 0 heterocycles. The highest BCUT2D eigenvalue weighted by atomic mass is 32.2. The molecule has 20 heavy (non-hydrogen) atoms. The van der Waals surface area contributed by atoms with Crippen LogP contribution in [-0.2, 0) is 16.4 Å². The quantitative estimate of drug-likeness (QED) is 0.619. The van der Waals surface area contributed by atoms with Gasteiger partial charge in [-0.05, 0) is 18.7 Å². The average Bonchev–Trinajstić information content (AvgIpc) is 2.35. The summed E-state index contributed by atoms with van der Waals surface area (Å²) in [6.07, 6.45) is 1.20. The lowest BCUT2D eigenvalue weighted by atomic mass is 9.78. The van der Waals surface area contributed by atoms with E-state index in [1.54, 1.807) is 12.1 Å². The molecule has 0 aliphatic carbocycles. The van der Waals surface area contributed by atoms with Gasteiger partial charge in [0.1, 0.15) is 15.6 Å². The van der Waals surface area contributed by atoms with Crippen LogP contribution in [0.2, 0.25) is 0 Å². The molecule has 2 N–H and O–H groups in total. The number of ether oxygens (including phenoxy) is 1. The molecule has 8 heteroatoms. The van der Waals surface area contributed by atoms with Gasteiger partial charge < -0.3 is 19.7 Å². The molecule has 0 fully saturated rings. The molecule has 112 valence electrons. The molecule has 0 radical (unpaired) electrons. The van der Waals surface area contributed by atoms with Crippen LogP contribution in [0.15, 0.2) is 18.2 Å². The largest absolute Gasteiger partial charge is 0.497 e. The standard InChI is InChI=1S/C12H20BNO5S/c1-14(6-7-20(3,17)18)9-10-4-5-12(19-2)11(8-10)13(15)16/h4-5,8,15-16H,6-7,9H2,1-3H3. The molecule has 0 saturated carbocycles. The summed E-state index contributed by atoms with van der Waals surface area (Å²) in [5.41, 5.74) is 1.14. The summed E-state index contributed by atoms with van der Waals surface area (Å²) in [7, 11) is -1.32. The van der Waals surface area contributed by atoms with Crippen LogP contribution >= 0.6 is 0 Å². The molecule has 1 aromatic carbocycles. The minimum atomic E-state index is -2.99. The lowest BCUT2D eigenvalue weighted by Crippen LogP contribution is -2.32. The topological polar surface area (TPSA) is 87.1 Å². The molecule has 0 aromatic heterocycles. The van der Waals surface area contributed by atoms with Crippen molar-refractivity contribution in [3.05, 3.63) is 23.8 Å². The number of hydrogen-bond donors (Lipinski definition) is 2. The molecule has 1 aromatic rings. The van der Waals surface area contributed by atoms with Gasteiger partial charge in [0.2, 0.25) is 0 Å². The predicted octanol–water partition coefficient (Wildman–Crippen LogP) is -1.15. The van der Waals surface area contributed by atoms with Gasteiger partial charge >= 0.3 is 7.12 Å². The molecule has 0 aliphatic heterocycles. The highest BCUT2D eigenvalue weighted by molar-refractivity contribution is 7.90. The molecule has 1 rings (SSSR count). The summed E-state index contributed by atoms with van der Waals surface area (Å²) in [5.74, 6) is 0.498. The van der Waals surface area contributed by atoms with Gasteiger partial charge in [-0.1, -0.05) is 12.1 Å². The first-order valence-electron chi connectivity index (χ1n) is 6.12. The highest BCUT2D eigenvalue weighted by Gasteiger charge is 2.17. The van der Waals surface area contributed by atoms with Crippen LogP contribution in [0, 0.1) is 0 Å². The van der Waals surface area contributed by atoms with Crippen molar-refractivity contribution in [2.45, 2.75) is 6.54 Å². The molecular weight excluding hydrogens is 281 g/mol. The summed E-state index contributed by atoms with van der Waals surface area (Å²) in [6.45, 7) is 0.932. The van der Waals surface area contributed by atoms with E-state index in [1.807, 2.05) is 18.0 Å². The normalized spacial score (nSPS) is 11.7. The first-order chi connectivity index (χ1) is 9.23. The molecule has 0 bridgehead atoms. The van der Waals surface area contributed by atoms with Crippen LogP contribution in [0.3, 0.4) is 0 Å². The van der Waals surface area contributed by atoms with Crippen molar-refractivity contribution >= 4 is 22.4 Å². The second-order valence-corrected chi connectivity index (χ2v) is 7.08. The molecule has 0 aliphatic rings. The third-order valence-electron chi connectivity index (χ3n) is 2.87. The van der Waals surface area contributed by atoms with E-state index in [0.717, 1.165) is 5.56 Å². The summed E-state index contributed by atoms with van der Waals surface area (Å²) in [6, 6.07) is 5.11. The molecule has 0 unspecified atom stereocenters. The minimum absolute atomic E-state index is 0.0924. The Labute approximate surface area is 120 Å². The van der Waals surface area contributed by atoms with Gasteiger partial charge in [-0.2, -0.15) is 0 Å². The fraction of sp³-hybridized carbons (Fsp3) is 0.500. The van der Waals surface area contributed by atoms with E-state index >= 15 is 0 Å². The summed E-state index contributed by atoms with van der Waals surface area (Å²) in [5, 5.41) is 18.6. The van der Waals surface area contributed by atoms with Crippen LogP contribution in [0.5, 0.6) is 5.75 Å². The number of methoxy groups -OCH3 is 1. The van der Waals surface area contributed by atoms with E-state index in [4.69, 9.17) is 4.74 Å². The van der Waals surface area contributed by atoms with Gasteiger partial charge in [-0.15, -0.1) is 0 Å². The number of benzene rings is 1. The van der Waals surface area contributed by atoms with Crippen LogP contribution in [0.4, 0.5) is 0 Å². The van der Waals surface area contributed by atoms with Crippen molar-refractivity contribution in [2.75, 3.05) is 32.7 Å². The summed E-state index contributed by atoms with van der Waals surface area (Å²) in [4.78, 5) is 1.86. The highest BCUT2D eigenvalue weighted by Crippen LogP contribution is 2.11. The first kappa shape index (κ1) is 17.0. The van der Waals surface area contributed by atoms with Crippen molar-refractivity contribution in [1.29, 1.82) is 0 Å². The van der Waals surface area contributed by atoms with Gasteiger partial charge in [0.25, 0.3) is 0 Å². The molecule has 0 atom stereocenters. The van der Waals surface area contributed by atoms with E-state index in [9.17, 15) is 18.5 Å². The van der Waals surface area contributed by atoms with Gasteiger partial charge in [0, 0.05) is 24.8 Å². The van der Waals surface area contributed by atoms with Gasteiger partial charge in [-0.3, -0.25) is 0 Å². The summed E-state index contributed by atoms with van der Waals surface area (Å²) >= 11 is 0. The Bertz CT molecular complexity index is 547. The van der Waals surface area contributed by atoms with Crippen LogP contribution in [0.25, 0.3) is 0 Å². The SMILES string of the molecule is COc1ccc(CN(C)CCS(C)(=O)=O)cc1B(O)O. The van der Waals surface area contributed by atoms with E-state index in [1.165, 1.54) is 13.4 Å². The Hall–Kier alpha value is -1.09. The molecular formula is C12H20BNO5S. The Balaban J connectivity index is 2.75. The number of hydrogen-bond acceptors (Lipinski definition) is 6. The van der Waals surface area contributed by atoms with Crippen molar-refractivity contribution < 1.29 is 23.2 Å². The molecule has 0 amide bonds. The fourth-order valence-electron chi connectivity index (χ4n) is 1.80. The molecule has 0 spiro atoms. The van der Waals surface area contributed by atoms with Crippen LogP contribution < -0.4 is 10.2 Å². The van der Waals surface area contributed by atoms with Gasteiger partial charge in [-0.25, -0.2) is 8.42 Å². The van der Waals surface area contributed by atoms with E-state index < -0.39 is 17.0 Å². The van der Waals surface area contributed by atoms with Gasteiger partial charge in [0.15, 0.2) is 0 Å².